The minimum Gasteiger partial charge on any atom is -0.450 e. The Bertz CT molecular complexity index is 193. The predicted octanol–water partition coefficient (Wildman–Crippen LogP) is 4.64. The van der Waals surface area contributed by atoms with Crippen LogP contribution in [-0.4, -0.2) is 12.7 Å². The summed E-state index contributed by atoms with van der Waals surface area (Å²) in [6, 6.07) is 0. The molecule has 0 fully saturated rings. The van der Waals surface area contributed by atoms with Crippen molar-refractivity contribution in [2.24, 2.45) is 11.7 Å². The molecule has 0 aliphatic heterocycles. The van der Waals surface area contributed by atoms with Crippen LogP contribution in [0.1, 0.15) is 78.1 Å². The summed E-state index contributed by atoms with van der Waals surface area (Å²) in [6.45, 7) is 5.06. The van der Waals surface area contributed by atoms with Gasteiger partial charge in [0.2, 0.25) is 0 Å². The number of ether oxygens (including phenoxy) is 1. The van der Waals surface area contributed by atoms with Crippen molar-refractivity contribution in [2.45, 2.75) is 78.1 Å². The van der Waals surface area contributed by atoms with Crippen LogP contribution in [0.2, 0.25) is 0 Å². The highest BCUT2D eigenvalue weighted by atomic mass is 16.5. The van der Waals surface area contributed by atoms with Gasteiger partial charge < -0.3 is 10.5 Å². The molecule has 18 heavy (non-hydrogen) atoms. The number of rotatable bonds is 12. The molecule has 108 valence electrons. The minimum absolute atomic E-state index is 0.477. The van der Waals surface area contributed by atoms with Gasteiger partial charge in [-0.15, -0.1) is 0 Å². The van der Waals surface area contributed by atoms with E-state index in [0.717, 1.165) is 18.8 Å². The molecule has 0 rings (SSSR count). The Kier molecular flexibility index (Phi) is 12.2. The van der Waals surface area contributed by atoms with E-state index in [9.17, 15) is 4.79 Å². The molecule has 2 N–H and O–H groups in total. The topological polar surface area (TPSA) is 52.3 Å². The van der Waals surface area contributed by atoms with Crippen molar-refractivity contribution >= 4 is 6.09 Å². The van der Waals surface area contributed by atoms with Gasteiger partial charge >= 0.3 is 6.09 Å². The van der Waals surface area contributed by atoms with Crippen molar-refractivity contribution in [3.8, 4) is 0 Å². The van der Waals surface area contributed by atoms with Crippen molar-refractivity contribution in [3.63, 3.8) is 0 Å². The molecule has 3 nitrogen and oxygen atoms in total. The molecule has 0 saturated heterocycles. The number of carbonyl (C=O) groups excluding carboxylic acids is 1. The highest BCUT2D eigenvalue weighted by molar-refractivity contribution is 5.64. The lowest BCUT2D eigenvalue weighted by Crippen LogP contribution is -2.13. The molecule has 0 bridgehead atoms. The molecule has 0 saturated carbocycles. The predicted molar refractivity (Wildman–Crippen MR) is 76.5 cm³/mol. The lowest BCUT2D eigenvalue weighted by atomic mass is 10.0. The Labute approximate surface area is 112 Å². The normalized spacial score (nSPS) is 10.8. The molecule has 3 heteroatoms. The highest BCUT2D eigenvalue weighted by Gasteiger charge is 1.96. The smallest absolute Gasteiger partial charge is 0.404 e. The summed E-state index contributed by atoms with van der Waals surface area (Å²) >= 11 is 0. The zero-order chi connectivity index (χ0) is 13.6. The first kappa shape index (κ1) is 17.3. The highest BCUT2D eigenvalue weighted by Crippen LogP contribution is 2.12. The SMILES string of the molecule is CC(C)CCCCCCCCCCCOC(N)=O. The van der Waals surface area contributed by atoms with Gasteiger partial charge in [-0.2, -0.15) is 0 Å². The van der Waals surface area contributed by atoms with Gasteiger partial charge in [-0.3, -0.25) is 0 Å². The van der Waals surface area contributed by atoms with E-state index < -0.39 is 6.09 Å². The van der Waals surface area contributed by atoms with E-state index in [1.165, 1.54) is 51.4 Å². The van der Waals surface area contributed by atoms with Crippen molar-refractivity contribution in [1.29, 1.82) is 0 Å². The van der Waals surface area contributed by atoms with E-state index in [2.05, 4.69) is 18.6 Å². The third-order valence-electron chi connectivity index (χ3n) is 3.17. The van der Waals surface area contributed by atoms with Gasteiger partial charge in [-0.1, -0.05) is 71.6 Å². The van der Waals surface area contributed by atoms with E-state index in [1.54, 1.807) is 0 Å². The average Bonchev–Trinajstić information content (AvgIpc) is 2.29. The molecule has 0 aromatic carbocycles. The fourth-order valence-electron chi connectivity index (χ4n) is 2.06. The minimum atomic E-state index is -0.656. The Morgan fingerprint density at radius 1 is 0.889 bits per heavy atom. The summed E-state index contributed by atoms with van der Waals surface area (Å²) in [7, 11) is 0. The number of amides is 1. The second-order valence-corrected chi connectivity index (χ2v) is 5.53. The van der Waals surface area contributed by atoms with Crippen molar-refractivity contribution in [3.05, 3.63) is 0 Å². The lowest BCUT2D eigenvalue weighted by molar-refractivity contribution is 0.154. The molecule has 0 aliphatic carbocycles. The Morgan fingerprint density at radius 3 is 1.78 bits per heavy atom. The van der Waals surface area contributed by atoms with Gasteiger partial charge in [0.15, 0.2) is 0 Å². The first-order valence-corrected chi connectivity index (χ1v) is 7.55. The maximum absolute atomic E-state index is 10.3. The fourth-order valence-corrected chi connectivity index (χ4v) is 2.06. The standard InChI is InChI=1S/C15H31NO2/c1-14(2)12-10-8-6-4-3-5-7-9-11-13-18-15(16)17/h14H,3-13H2,1-2H3,(H2,16,17). The van der Waals surface area contributed by atoms with Gasteiger partial charge in [-0.05, 0) is 12.3 Å². The molecule has 0 unspecified atom stereocenters. The van der Waals surface area contributed by atoms with Crippen LogP contribution < -0.4 is 5.73 Å². The quantitative estimate of drug-likeness (QED) is 0.518. The van der Waals surface area contributed by atoms with Gasteiger partial charge in [0.25, 0.3) is 0 Å². The van der Waals surface area contributed by atoms with Crippen LogP contribution in [0.4, 0.5) is 4.79 Å². The van der Waals surface area contributed by atoms with E-state index in [0.29, 0.717) is 6.61 Å². The fraction of sp³-hybridized carbons (Fsp3) is 0.933. The number of unbranched alkanes of at least 4 members (excludes halogenated alkanes) is 8. The third-order valence-corrected chi connectivity index (χ3v) is 3.17. The van der Waals surface area contributed by atoms with Crippen LogP contribution in [-0.2, 0) is 4.74 Å². The van der Waals surface area contributed by atoms with Gasteiger partial charge in [-0.25, -0.2) is 4.79 Å². The summed E-state index contributed by atoms with van der Waals surface area (Å²) in [5, 5.41) is 0. The summed E-state index contributed by atoms with van der Waals surface area (Å²) in [4.78, 5) is 10.3. The zero-order valence-electron chi connectivity index (χ0n) is 12.2. The Balaban J connectivity index is 2.97. The molecule has 0 aromatic rings. The zero-order valence-corrected chi connectivity index (χ0v) is 12.2. The first-order chi connectivity index (χ1) is 8.63. The average molecular weight is 257 g/mol. The number of hydrogen-bond donors (Lipinski definition) is 1. The molecule has 1 amide bonds. The molecule has 0 aliphatic rings. The maximum atomic E-state index is 10.3. The van der Waals surface area contributed by atoms with Crippen LogP contribution in [0.5, 0.6) is 0 Å². The monoisotopic (exact) mass is 257 g/mol. The van der Waals surface area contributed by atoms with E-state index >= 15 is 0 Å². The maximum Gasteiger partial charge on any atom is 0.404 e. The van der Waals surface area contributed by atoms with Gasteiger partial charge in [0.05, 0.1) is 6.61 Å². The second kappa shape index (κ2) is 12.7. The molecule has 0 atom stereocenters. The lowest BCUT2D eigenvalue weighted by Gasteiger charge is -2.04. The molecule has 0 heterocycles. The Morgan fingerprint density at radius 2 is 1.33 bits per heavy atom. The van der Waals surface area contributed by atoms with Crippen molar-refractivity contribution < 1.29 is 9.53 Å². The summed E-state index contributed by atoms with van der Waals surface area (Å²) in [6.07, 6.45) is 12.2. The van der Waals surface area contributed by atoms with Crippen LogP contribution in [0.3, 0.4) is 0 Å². The third kappa shape index (κ3) is 15.3. The number of nitrogens with two attached hydrogens (primary N) is 1. The molecule has 0 radical (unpaired) electrons. The first-order valence-electron chi connectivity index (χ1n) is 7.55. The summed E-state index contributed by atoms with van der Waals surface area (Å²) in [5.74, 6) is 0.854. The van der Waals surface area contributed by atoms with E-state index in [4.69, 9.17) is 5.73 Å². The molecular formula is C15H31NO2. The molecule has 0 spiro atoms. The van der Waals surface area contributed by atoms with Gasteiger partial charge in [0.1, 0.15) is 0 Å². The molecular weight excluding hydrogens is 226 g/mol. The van der Waals surface area contributed by atoms with Crippen LogP contribution in [0.25, 0.3) is 0 Å². The number of carbonyl (C=O) groups is 1. The van der Waals surface area contributed by atoms with Crippen molar-refractivity contribution in [1.82, 2.24) is 0 Å². The van der Waals surface area contributed by atoms with E-state index in [1.807, 2.05) is 0 Å². The van der Waals surface area contributed by atoms with Crippen LogP contribution in [0, 0.1) is 5.92 Å². The summed E-state index contributed by atoms with van der Waals surface area (Å²) < 4.78 is 4.67. The Hall–Kier alpha value is -0.730. The number of hydrogen-bond acceptors (Lipinski definition) is 2. The van der Waals surface area contributed by atoms with Crippen LogP contribution >= 0.6 is 0 Å². The largest absolute Gasteiger partial charge is 0.450 e. The number of primary amides is 1. The molecule has 0 aromatic heterocycles. The van der Waals surface area contributed by atoms with Crippen LogP contribution in [0.15, 0.2) is 0 Å². The summed E-state index contributed by atoms with van der Waals surface area (Å²) in [5.41, 5.74) is 4.87. The van der Waals surface area contributed by atoms with Crippen molar-refractivity contribution in [2.75, 3.05) is 6.61 Å². The van der Waals surface area contributed by atoms with Gasteiger partial charge in [0, 0.05) is 0 Å². The second-order valence-electron chi connectivity index (χ2n) is 5.53. The van der Waals surface area contributed by atoms with E-state index in [-0.39, 0.29) is 0 Å².